The Morgan fingerprint density at radius 3 is 2.65 bits per heavy atom. The summed E-state index contributed by atoms with van der Waals surface area (Å²) in [4.78, 5) is 12.0. The number of ketones is 1. The molecule has 4 unspecified atom stereocenters. The van der Waals surface area contributed by atoms with Crippen LogP contribution in [0.15, 0.2) is 23.8 Å². The molecular formula is C22H34O. The van der Waals surface area contributed by atoms with Crippen molar-refractivity contribution in [2.45, 2.75) is 79.1 Å². The molecule has 2 fully saturated rings. The maximum absolute atomic E-state index is 12.0. The van der Waals surface area contributed by atoms with E-state index in [4.69, 9.17) is 0 Å². The van der Waals surface area contributed by atoms with E-state index in [0.29, 0.717) is 16.6 Å². The predicted octanol–water partition coefficient (Wildman–Crippen LogP) is 6.10. The zero-order valence-corrected chi connectivity index (χ0v) is 15.5. The summed E-state index contributed by atoms with van der Waals surface area (Å²) >= 11 is 0. The Morgan fingerprint density at radius 2 is 1.87 bits per heavy atom. The van der Waals surface area contributed by atoms with Crippen molar-refractivity contribution < 1.29 is 4.79 Å². The van der Waals surface area contributed by atoms with Crippen molar-refractivity contribution in [3.05, 3.63) is 23.8 Å². The van der Waals surface area contributed by atoms with Gasteiger partial charge in [0.15, 0.2) is 0 Å². The van der Waals surface area contributed by atoms with Gasteiger partial charge in [-0.15, -0.1) is 0 Å². The third kappa shape index (κ3) is 2.65. The topological polar surface area (TPSA) is 17.1 Å². The van der Waals surface area contributed by atoms with Crippen LogP contribution >= 0.6 is 0 Å². The van der Waals surface area contributed by atoms with Gasteiger partial charge in [0.1, 0.15) is 5.78 Å². The molecule has 2 saturated carbocycles. The van der Waals surface area contributed by atoms with E-state index in [1.165, 1.54) is 37.7 Å². The second-order valence-corrected chi connectivity index (χ2v) is 8.51. The van der Waals surface area contributed by atoms with Gasteiger partial charge in [0.25, 0.3) is 0 Å². The summed E-state index contributed by atoms with van der Waals surface area (Å²) in [5.41, 5.74) is 2.28. The molecule has 0 saturated heterocycles. The molecule has 1 heteroatoms. The fraction of sp³-hybridized carbons (Fsp3) is 0.773. The lowest BCUT2D eigenvalue weighted by molar-refractivity contribution is -0.118. The van der Waals surface area contributed by atoms with Crippen LogP contribution in [0.1, 0.15) is 79.1 Å². The first kappa shape index (κ1) is 17.0. The summed E-state index contributed by atoms with van der Waals surface area (Å²) in [6.45, 7) is 8.97. The van der Waals surface area contributed by atoms with E-state index in [2.05, 4.69) is 32.1 Å². The number of Topliss-reactive ketones (excluding diaryl/α,β-unsaturated/α-hetero) is 1. The molecule has 0 aromatic rings. The fourth-order valence-corrected chi connectivity index (χ4v) is 6.21. The van der Waals surface area contributed by atoms with E-state index in [0.717, 1.165) is 37.0 Å². The van der Waals surface area contributed by atoms with Crippen molar-refractivity contribution in [2.75, 3.05) is 0 Å². The SMILES string of the molecule is CC.CC12C=CCC1C1CC=C3CC(=O)CCCC3(C)[C@H]1CC2. The maximum Gasteiger partial charge on any atom is 0.136 e. The van der Waals surface area contributed by atoms with Gasteiger partial charge >= 0.3 is 0 Å². The number of fused-ring (bicyclic) bond motifs is 5. The average molecular weight is 315 g/mol. The van der Waals surface area contributed by atoms with E-state index < -0.39 is 0 Å². The van der Waals surface area contributed by atoms with Crippen LogP contribution in [0.4, 0.5) is 0 Å². The number of carbonyl (C=O) groups is 1. The molecule has 0 spiro atoms. The Balaban J connectivity index is 0.000000753. The maximum atomic E-state index is 12.0. The molecule has 4 aliphatic carbocycles. The highest BCUT2D eigenvalue weighted by atomic mass is 16.1. The lowest BCUT2D eigenvalue weighted by Crippen LogP contribution is -2.47. The van der Waals surface area contributed by atoms with Crippen LogP contribution in [-0.2, 0) is 4.79 Å². The first-order valence-electron chi connectivity index (χ1n) is 9.92. The van der Waals surface area contributed by atoms with Gasteiger partial charge in [-0.05, 0) is 67.1 Å². The molecule has 0 amide bonds. The molecule has 23 heavy (non-hydrogen) atoms. The van der Waals surface area contributed by atoms with Crippen LogP contribution in [-0.4, -0.2) is 5.78 Å². The monoisotopic (exact) mass is 314 g/mol. The van der Waals surface area contributed by atoms with E-state index >= 15 is 0 Å². The number of hydrogen-bond donors (Lipinski definition) is 0. The Bertz CT molecular complexity index is 528. The van der Waals surface area contributed by atoms with E-state index in [-0.39, 0.29) is 0 Å². The standard InChI is InChI=1S/C20H28O.C2H6/c1-19-10-4-6-17(19)16-8-7-14-13-15(21)5-3-11-20(14,2)18(16)9-12-19;1-2/h4,7,10,16-18H,3,5-6,8-9,11-13H2,1-2H3;1-2H3/t16?,17?,18-,19?,20?;/m0./s1. The van der Waals surface area contributed by atoms with Gasteiger partial charge in [0.2, 0.25) is 0 Å². The summed E-state index contributed by atoms with van der Waals surface area (Å²) in [7, 11) is 0. The van der Waals surface area contributed by atoms with Crippen LogP contribution in [0.3, 0.4) is 0 Å². The van der Waals surface area contributed by atoms with E-state index in [1.54, 1.807) is 0 Å². The summed E-state index contributed by atoms with van der Waals surface area (Å²) in [6.07, 6.45) is 16.6. The van der Waals surface area contributed by atoms with Gasteiger partial charge in [-0.2, -0.15) is 0 Å². The smallest absolute Gasteiger partial charge is 0.136 e. The van der Waals surface area contributed by atoms with Crippen LogP contribution in [0.25, 0.3) is 0 Å². The molecular weight excluding hydrogens is 280 g/mol. The quantitative estimate of drug-likeness (QED) is 0.494. The summed E-state index contributed by atoms with van der Waals surface area (Å²) in [6, 6.07) is 0. The fourth-order valence-electron chi connectivity index (χ4n) is 6.21. The molecule has 4 rings (SSSR count). The molecule has 0 radical (unpaired) electrons. The molecule has 1 nitrogen and oxygen atoms in total. The normalized spacial score (nSPS) is 45.0. The van der Waals surface area contributed by atoms with Crippen LogP contribution in [0, 0.1) is 28.6 Å². The van der Waals surface area contributed by atoms with Crippen LogP contribution in [0.2, 0.25) is 0 Å². The highest BCUT2D eigenvalue weighted by molar-refractivity contribution is 5.81. The molecule has 0 N–H and O–H groups in total. The first-order valence-corrected chi connectivity index (χ1v) is 9.92. The van der Waals surface area contributed by atoms with Crippen molar-refractivity contribution in [1.82, 2.24) is 0 Å². The highest BCUT2D eigenvalue weighted by Crippen LogP contribution is 2.62. The van der Waals surface area contributed by atoms with Crippen LogP contribution < -0.4 is 0 Å². The molecule has 4 aliphatic rings. The van der Waals surface area contributed by atoms with E-state index in [1.807, 2.05) is 13.8 Å². The predicted molar refractivity (Wildman–Crippen MR) is 97.2 cm³/mol. The third-order valence-corrected chi connectivity index (χ3v) is 7.49. The lowest BCUT2D eigenvalue weighted by Gasteiger charge is -2.55. The number of allylic oxidation sites excluding steroid dienone is 4. The van der Waals surface area contributed by atoms with Crippen molar-refractivity contribution in [2.24, 2.45) is 28.6 Å². The summed E-state index contributed by atoms with van der Waals surface area (Å²) in [5, 5.41) is 0. The van der Waals surface area contributed by atoms with E-state index in [9.17, 15) is 4.79 Å². The first-order chi connectivity index (χ1) is 11.0. The number of hydrogen-bond acceptors (Lipinski definition) is 1. The Morgan fingerprint density at radius 1 is 1.09 bits per heavy atom. The number of carbonyl (C=O) groups excluding carboxylic acids is 1. The van der Waals surface area contributed by atoms with Gasteiger partial charge in [-0.25, -0.2) is 0 Å². The van der Waals surface area contributed by atoms with Gasteiger partial charge in [0.05, 0.1) is 0 Å². The second kappa shape index (κ2) is 6.22. The van der Waals surface area contributed by atoms with Crippen molar-refractivity contribution >= 4 is 5.78 Å². The Kier molecular flexibility index (Phi) is 4.60. The Labute approximate surface area is 142 Å². The van der Waals surface area contributed by atoms with Crippen molar-refractivity contribution in [3.8, 4) is 0 Å². The van der Waals surface area contributed by atoms with Gasteiger partial charge < -0.3 is 0 Å². The molecule has 0 heterocycles. The zero-order chi connectivity index (χ0) is 16.7. The number of rotatable bonds is 0. The minimum Gasteiger partial charge on any atom is -0.299 e. The van der Waals surface area contributed by atoms with Gasteiger partial charge in [-0.3, -0.25) is 4.79 Å². The minimum absolute atomic E-state index is 0.318. The minimum atomic E-state index is 0.318. The molecule has 0 aromatic heterocycles. The molecule has 0 bridgehead atoms. The zero-order valence-electron chi connectivity index (χ0n) is 15.5. The Hall–Kier alpha value is -0.850. The molecule has 0 aromatic carbocycles. The second-order valence-electron chi connectivity index (χ2n) is 8.51. The van der Waals surface area contributed by atoms with Crippen molar-refractivity contribution in [3.63, 3.8) is 0 Å². The lowest BCUT2D eigenvalue weighted by atomic mass is 9.49. The molecule has 5 atom stereocenters. The van der Waals surface area contributed by atoms with Crippen molar-refractivity contribution in [1.29, 1.82) is 0 Å². The third-order valence-electron chi connectivity index (χ3n) is 7.49. The molecule has 0 aliphatic heterocycles. The average Bonchev–Trinajstić information content (AvgIpc) is 2.86. The highest BCUT2D eigenvalue weighted by Gasteiger charge is 2.54. The molecule has 128 valence electrons. The summed E-state index contributed by atoms with van der Waals surface area (Å²) < 4.78 is 0. The van der Waals surface area contributed by atoms with Crippen LogP contribution in [0.5, 0.6) is 0 Å². The van der Waals surface area contributed by atoms with Gasteiger partial charge in [-0.1, -0.05) is 51.5 Å². The largest absolute Gasteiger partial charge is 0.299 e. The van der Waals surface area contributed by atoms with Gasteiger partial charge in [0, 0.05) is 12.8 Å². The summed E-state index contributed by atoms with van der Waals surface area (Å²) in [5.74, 6) is 3.00.